The number of rotatable bonds is 8. The zero-order chi connectivity index (χ0) is 22.4. The lowest BCUT2D eigenvalue weighted by molar-refractivity contribution is -0.120. The Hall–Kier alpha value is -3.52. The number of ether oxygens (including phenoxy) is 3. The van der Waals surface area contributed by atoms with E-state index in [-0.39, 0.29) is 24.6 Å². The van der Waals surface area contributed by atoms with Crippen LogP contribution in [0.1, 0.15) is 28.5 Å². The van der Waals surface area contributed by atoms with Gasteiger partial charge < -0.3 is 19.2 Å². The summed E-state index contributed by atoms with van der Waals surface area (Å²) in [5.41, 5.74) is 4.60. The molecule has 0 saturated heterocycles. The smallest absolute Gasteiger partial charge is 0.355 e. The number of hydrogen-bond donors (Lipinski definition) is 2. The maximum absolute atomic E-state index is 12.3. The number of halogens is 1. The molecule has 0 spiro atoms. The van der Waals surface area contributed by atoms with Crippen molar-refractivity contribution >= 4 is 40.6 Å². The van der Waals surface area contributed by atoms with Gasteiger partial charge in [-0.05, 0) is 36.8 Å². The number of benzene rings is 2. The highest BCUT2D eigenvalue weighted by molar-refractivity contribution is 6.31. The molecule has 3 aromatic rings. The Balaban J connectivity index is 1.77. The Labute approximate surface area is 184 Å². The average molecular weight is 444 g/mol. The van der Waals surface area contributed by atoms with Gasteiger partial charge in [-0.2, -0.15) is 5.10 Å². The van der Waals surface area contributed by atoms with E-state index in [9.17, 15) is 9.59 Å². The van der Waals surface area contributed by atoms with Gasteiger partial charge in [-0.25, -0.2) is 10.2 Å². The fraction of sp³-hybridized carbons (Fsp3) is 0.227. The van der Waals surface area contributed by atoms with E-state index in [1.807, 2.05) is 0 Å². The minimum absolute atomic E-state index is 0.0892. The first-order valence-corrected chi connectivity index (χ1v) is 9.85. The van der Waals surface area contributed by atoms with Crippen molar-refractivity contribution in [3.8, 4) is 11.5 Å². The van der Waals surface area contributed by atoms with Crippen molar-refractivity contribution < 1.29 is 23.8 Å². The van der Waals surface area contributed by atoms with Gasteiger partial charge >= 0.3 is 5.97 Å². The van der Waals surface area contributed by atoms with Crippen LogP contribution in [0.25, 0.3) is 10.9 Å². The van der Waals surface area contributed by atoms with Crippen LogP contribution < -0.4 is 14.9 Å². The van der Waals surface area contributed by atoms with Gasteiger partial charge in [-0.3, -0.25) is 4.79 Å². The maximum atomic E-state index is 12.3. The number of amides is 1. The molecule has 0 atom stereocenters. The van der Waals surface area contributed by atoms with Crippen LogP contribution >= 0.6 is 11.6 Å². The molecule has 9 heteroatoms. The van der Waals surface area contributed by atoms with Gasteiger partial charge in [0.05, 0.1) is 33.5 Å². The Morgan fingerprint density at radius 2 is 1.90 bits per heavy atom. The number of aromatic amines is 1. The maximum Gasteiger partial charge on any atom is 0.355 e. The first-order valence-electron chi connectivity index (χ1n) is 9.48. The zero-order valence-electron chi connectivity index (χ0n) is 17.3. The summed E-state index contributed by atoms with van der Waals surface area (Å²) in [7, 11) is 3.07. The van der Waals surface area contributed by atoms with Gasteiger partial charge in [-0.1, -0.05) is 23.7 Å². The van der Waals surface area contributed by atoms with E-state index < -0.39 is 5.97 Å². The second kappa shape index (κ2) is 9.99. The molecule has 162 valence electrons. The van der Waals surface area contributed by atoms with Crippen molar-refractivity contribution in [2.75, 3.05) is 20.8 Å². The Morgan fingerprint density at radius 1 is 1.13 bits per heavy atom. The van der Waals surface area contributed by atoms with Crippen molar-refractivity contribution in [3.05, 3.63) is 58.2 Å². The first kappa shape index (κ1) is 22.2. The number of nitrogens with one attached hydrogen (secondary N) is 2. The molecular weight excluding hydrogens is 422 g/mol. The lowest BCUT2D eigenvalue weighted by atomic mass is 10.1. The summed E-state index contributed by atoms with van der Waals surface area (Å²) in [5.74, 6) is 0.264. The van der Waals surface area contributed by atoms with E-state index in [1.165, 1.54) is 13.3 Å². The number of esters is 1. The molecule has 0 fully saturated rings. The zero-order valence-corrected chi connectivity index (χ0v) is 18.1. The molecule has 0 aliphatic rings. The SMILES string of the molecule is CCOC(=O)c1[nH]c2cc(Cl)ccc2c1/C=N/NC(=O)Cc1ccc(OC)c(OC)c1. The van der Waals surface area contributed by atoms with Crippen LogP contribution in [0.15, 0.2) is 41.5 Å². The number of methoxy groups -OCH3 is 2. The second-order valence-corrected chi connectivity index (χ2v) is 6.92. The minimum atomic E-state index is -0.520. The summed E-state index contributed by atoms with van der Waals surface area (Å²) in [6, 6.07) is 10.4. The molecule has 1 heterocycles. The number of fused-ring (bicyclic) bond motifs is 1. The highest BCUT2D eigenvalue weighted by atomic mass is 35.5. The van der Waals surface area contributed by atoms with Crippen LogP contribution in [0.2, 0.25) is 5.02 Å². The standard InChI is InChI=1S/C22H22ClN3O5/c1-4-31-22(28)21-16(15-7-6-14(23)11-17(15)25-21)12-24-26-20(27)10-13-5-8-18(29-2)19(9-13)30-3/h5-9,11-12,25H,4,10H2,1-3H3,(H,26,27)/b24-12+. The molecule has 8 nitrogen and oxygen atoms in total. The molecule has 2 aromatic carbocycles. The molecular formula is C22H22ClN3O5. The van der Waals surface area contributed by atoms with Crippen LogP contribution in [-0.2, 0) is 16.0 Å². The molecule has 3 rings (SSSR count). The number of carbonyl (C=O) groups is 2. The van der Waals surface area contributed by atoms with E-state index in [0.717, 1.165) is 10.9 Å². The van der Waals surface area contributed by atoms with Crippen molar-refractivity contribution in [3.63, 3.8) is 0 Å². The number of nitrogens with zero attached hydrogens (tertiary/aromatic N) is 1. The van der Waals surface area contributed by atoms with Gasteiger partial charge in [0.1, 0.15) is 5.69 Å². The van der Waals surface area contributed by atoms with Gasteiger partial charge in [0.25, 0.3) is 0 Å². The van der Waals surface area contributed by atoms with Crippen LogP contribution in [0.3, 0.4) is 0 Å². The summed E-state index contributed by atoms with van der Waals surface area (Å²) in [5, 5.41) is 5.27. The lowest BCUT2D eigenvalue weighted by Gasteiger charge is -2.09. The van der Waals surface area contributed by atoms with Crippen LogP contribution in [-0.4, -0.2) is 43.9 Å². The van der Waals surface area contributed by atoms with Gasteiger partial charge in [-0.15, -0.1) is 0 Å². The van der Waals surface area contributed by atoms with Gasteiger partial charge in [0, 0.05) is 21.5 Å². The summed E-state index contributed by atoms with van der Waals surface area (Å²) in [6.45, 7) is 1.95. The van der Waals surface area contributed by atoms with Crippen LogP contribution in [0, 0.1) is 0 Å². The fourth-order valence-corrected chi connectivity index (χ4v) is 3.25. The van der Waals surface area contributed by atoms with Crippen molar-refractivity contribution in [2.45, 2.75) is 13.3 Å². The highest BCUT2D eigenvalue weighted by Gasteiger charge is 2.18. The highest BCUT2D eigenvalue weighted by Crippen LogP contribution is 2.28. The molecule has 2 N–H and O–H groups in total. The predicted octanol–water partition coefficient (Wildman–Crippen LogP) is 3.71. The number of aromatic nitrogens is 1. The summed E-state index contributed by atoms with van der Waals surface area (Å²) in [6.07, 6.45) is 1.50. The topological polar surface area (TPSA) is 102 Å². The Bertz CT molecular complexity index is 1140. The predicted molar refractivity (Wildman–Crippen MR) is 118 cm³/mol. The molecule has 1 aromatic heterocycles. The van der Waals surface area contributed by atoms with Crippen LogP contribution in [0.4, 0.5) is 0 Å². The molecule has 0 aliphatic carbocycles. The third kappa shape index (κ3) is 5.16. The molecule has 0 aliphatic heterocycles. The molecule has 31 heavy (non-hydrogen) atoms. The van der Waals surface area contributed by atoms with E-state index in [2.05, 4.69) is 15.5 Å². The molecule has 0 bridgehead atoms. The quantitative estimate of drug-likeness (QED) is 0.314. The lowest BCUT2D eigenvalue weighted by Crippen LogP contribution is -2.20. The van der Waals surface area contributed by atoms with Crippen LogP contribution in [0.5, 0.6) is 11.5 Å². The molecule has 0 unspecified atom stereocenters. The van der Waals surface area contributed by atoms with Crippen molar-refractivity contribution in [1.29, 1.82) is 0 Å². The fourth-order valence-electron chi connectivity index (χ4n) is 3.07. The van der Waals surface area contributed by atoms with Gasteiger partial charge in [0.15, 0.2) is 11.5 Å². The van der Waals surface area contributed by atoms with Crippen molar-refractivity contribution in [1.82, 2.24) is 10.4 Å². The number of hydrazone groups is 1. The third-order valence-electron chi connectivity index (χ3n) is 4.48. The number of carbonyl (C=O) groups excluding carboxylic acids is 2. The van der Waals surface area contributed by atoms with Gasteiger partial charge in [0.2, 0.25) is 5.91 Å². The Morgan fingerprint density at radius 3 is 2.61 bits per heavy atom. The minimum Gasteiger partial charge on any atom is -0.493 e. The monoisotopic (exact) mass is 443 g/mol. The van der Waals surface area contributed by atoms with E-state index in [1.54, 1.807) is 50.4 Å². The average Bonchev–Trinajstić information content (AvgIpc) is 3.11. The molecule has 1 amide bonds. The molecule has 0 saturated carbocycles. The molecule has 0 radical (unpaired) electrons. The summed E-state index contributed by atoms with van der Waals surface area (Å²) in [4.78, 5) is 27.6. The largest absolute Gasteiger partial charge is 0.493 e. The second-order valence-electron chi connectivity index (χ2n) is 6.48. The van der Waals surface area contributed by atoms with E-state index in [4.69, 9.17) is 25.8 Å². The third-order valence-corrected chi connectivity index (χ3v) is 4.71. The normalized spacial score (nSPS) is 11.0. The van der Waals surface area contributed by atoms with Crippen molar-refractivity contribution in [2.24, 2.45) is 5.10 Å². The summed E-state index contributed by atoms with van der Waals surface area (Å²) >= 11 is 6.04. The number of H-pyrrole nitrogens is 1. The van der Waals surface area contributed by atoms with E-state index in [0.29, 0.717) is 27.6 Å². The number of hydrogen-bond acceptors (Lipinski definition) is 6. The van der Waals surface area contributed by atoms with E-state index >= 15 is 0 Å². The first-order chi connectivity index (χ1) is 15.0. The summed E-state index contributed by atoms with van der Waals surface area (Å²) < 4.78 is 15.5. The Kier molecular flexibility index (Phi) is 7.15.